The van der Waals surface area contributed by atoms with E-state index in [2.05, 4.69) is 34.8 Å². The van der Waals surface area contributed by atoms with Gasteiger partial charge in [-0.1, -0.05) is 26.0 Å². The summed E-state index contributed by atoms with van der Waals surface area (Å²) >= 11 is 1.32. The first-order chi connectivity index (χ1) is 17.2. The zero-order chi connectivity index (χ0) is 25.4. The summed E-state index contributed by atoms with van der Waals surface area (Å²) in [6.45, 7) is 5.29. The molecule has 0 saturated carbocycles. The molecule has 3 aliphatic heterocycles. The van der Waals surface area contributed by atoms with Crippen LogP contribution in [0.1, 0.15) is 37.1 Å². The number of nitrogens with one attached hydrogen (secondary N) is 3. The summed E-state index contributed by atoms with van der Waals surface area (Å²) in [6, 6.07) is 10.4. The van der Waals surface area contributed by atoms with E-state index in [1.54, 1.807) is 12.0 Å². The largest absolute Gasteiger partial charge is 0.497 e. The van der Waals surface area contributed by atoms with Crippen LogP contribution in [0.5, 0.6) is 5.75 Å². The highest BCUT2D eigenvalue weighted by molar-refractivity contribution is 7.13. The minimum absolute atomic E-state index is 0.00851. The van der Waals surface area contributed by atoms with Crippen molar-refractivity contribution >= 4 is 28.2 Å². The lowest BCUT2D eigenvalue weighted by Gasteiger charge is -2.49. The second-order valence-electron chi connectivity index (χ2n) is 9.81. The summed E-state index contributed by atoms with van der Waals surface area (Å²) in [4.78, 5) is 18.8. The first-order valence-electron chi connectivity index (χ1n) is 11.9. The molecule has 3 N–H and O–H groups in total. The Labute approximate surface area is 212 Å². The lowest BCUT2D eigenvalue weighted by Crippen LogP contribution is -2.67. The molecule has 1 aromatic heterocycles. The molecule has 3 aromatic rings. The van der Waals surface area contributed by atoms with Gasteiger partial charge in [0.05, 0.1) is 12.8 Å². The molecule has 0 radical (unpaired) electrons. The first kappa shape index (κ1) is 24.5. The minimum Gasteiger partial charge on any atom is -0.497 e. The number of hydrogen-bond donors (Lipinski definition) is 3. The standard InChI is InChI=1S/C26H29F2N5O2S/c1-26(2,16-4-6-19(35-3)7-5-16)22-14-36-25(31-22)32-24(34)29-11-15-8-20(27)23(21(28)9-15)33-12-17-10-18(13-33)30-17/h4-9,14,17-18,30H,10-13H2,1-3H3,(H2,29,31,32,34). The zero-order valence-electron chi connectivity index (χ0n) is 20.4. The Hall–Kier alpha value is -3.24. The number of aromatic nitrogens is 1. The van der Waals surface area contributed by atoms with Crippen molar-refractivity contribution in [1.82, 2.24) is 15.6 Å². The van der Waals surface area contributed by atoms with Crippen molar-refractivity contribution in [2.75, 3.05) is 30.4 Å². The van der Waals surface area contributed by atoms with Gasteiger partial charge in [-0.05, 0) is 41.8 Å². The SMILES string of the molecule is COc1ccc(C(C)(C)c2csc(NC(=O)NCc3cc(F)c(N4CC5CC(C4)N5)c(F)c3)n2)cc1. The number of benzene rings is 2. The van der Waals surface area contributed by atoms with Crippen LogP contribution in [-0.4, -0.2) is 43.3 Å². The summed E-state index contributed by atoms with van der Waals surface area (Å²) in [7, 11) is 1.63. The van der Waals surface area contributed by atoms with Gasteiger partial charge in [0.2, 0.25) is 0 Å². The van der Waals surface area contributed by atoms with E-state index in [0.29, 0.717) is 35.9 Å². The Morgan fingerprint density at radius 1 is 1.19 bits per heavy atom. The van der Waals surface area contributed by atoms with Crippen LogP contribution in [0.3, 0.4) is 0 Å². The summed E-state index contributed by atoms with van der Waals surface area (Å²) in [5.41, 5.74) is 1.87. The maximum absolute atomic E-state index is 14.8. The van der Waals surface area contributed by atoms with Gasteiger partial charge in [0.1, 0.15) is 23.1 Å². The summed E-state index contributed by atoms with van der Waals surface area (Å²) in [5.74, 6) is -0.445. The number of amides is 2. The lowest BCUT2D eigenvalue weighted by molar-refractivity contribution is 0.224. The van der Waals surface area contributed by atoms with Gasteiger partial charge in [-0.2, -0.15) is 0 Å². The third kappa shape index (κ3) is 4.87. The Bertz CT molecular complexity index is 1220. The molecule has 3 aliphatic rings. The van der Waals surface area contributed by atoms with Crippen LogP contribution in [0.15, 0.2) is 41.8 Å². The van der Waals surface area contributed by atoms with Gasteiger partial charge in [0.25, 0.3) is 0 Å². The first-order valence-corrected chi connectivity index (χ1v) is 12.7. The van der Waals surface area contributed by atoms with Crippen LogP contribution in [0.25, 0.3) is 0 Å². The van der Waals surface area contributed by atoms with Crippen LogP contribution >= 0.6 is 11.3 Å². The molecule has 4 heterocycles. The van der Waals surface area contributed by atoms with E-state index in [-0.39, 0.29) is 17.6 Å². The van der Waals surface area contributed by atoms with Gasteiger partial charge >= 0.3 is 6.03 Å². The molecule has 7 nitrogen and oxygen atoms in total. The summed E-state index contributed by atoms with van der Waals surface area (Å²) < 4.78 is 34.7. The number of halogens is 2. The van der Waals surface area contributed by atoms with Gasteiger partial charge in [-0.25, -0.2) is 18.6 Å². The number of thiazole rings is 1. The van der Waals surface area contributed by atoms with E-state index < -0.39 is 17.7 Å². The number of anilines is 2. The van der Waals surface area contributed by atoms with E-state index in [1.807, 2.05) is 29.6 Å². The molecule has 36 heavy (non-hydrogen) atoms. The fourth-order valence-electron chi connectivity index (χ4n) is 4.82. The number of piperidine rings is 1. The van der Waals surface area contributed by atoms with Gasteiger partial charge in [0.15, 0.2) is 5.13 Å². The molecule has 2 amide bonds. The van der Waals surface area contributed by atoms with E-state index >= 15 is 0 Å². The van der Waals surface area contributed by atoms with Crippen LogP contribution in [-0.2, 0) is 12.0 Å². The maximum atomic E-state index is 14.8. The summed E-state index contributed by atoms with van der Waals surface area (Å²) in [5, 5.41) is 11.1. The molecule has 0 aliphatic carbocycles. The van der Waals surface area contributed by atoms with Crippen LogP contribution in [0.4, 0.5) is 24.4 Å². The molecule has 3 saturated heterocycles. The number of rotatable bonds is 7. The van der Waals surface area contributed by atoms with Crippen molar-refractivity contribution in [2.45, 2.75) is 44.3 Å². The number of carbonyl (C=O) groups is 1. The maximum Gasteiger partial charge on any atom is 0.321 e. The predicted octanol–water partition coefficient (Wildman–Crippen LogP) is 4.63. The average molecular weight is 514 g/mol. The van der Waals surface area contributed by atoms with Crippen molar-refractivity contribution < 1.29 is 18.3 Å². The molecule has 2 atom stereocenters. The second kappa shape index (κ2) is 9.67. The van der Waals surface area contributed by atoms with Crippen molar-refractivity contribution in [3.63, 3.8) is 0 Å². The quantitative estimate of drug-likeness (QED) is 0.430. The number of hydrogen-bond acceptors (Lipinski definition) is 6. The van der Waals surface area contributed by atoms with Gasteiger partial charge < -0.3 is 20.3 Å². The highest BCUT2D eigenvalue weighted by Gasteiger charge is 2.38. The second-order valence-corrected chi connectivity index (χ2v) is 10.7. The number of methoxy groups -OCH3 is 1. The molecule has 2 aromatic carbocycles. The minimum atomic E-state index is -0.612. The number of nitrogens with zero attached hydrogens (tertiary/aromatic N) is 2. The molecule has 3 fully saturated rings. The smallest absolute Gasteiger partial charge is 0.321 e. The van der Waals surface area contributed by atoms with E-state index in [4.69, 9.17) is 4.74 Å². The fraction of sp³-hybridized carbons (Fsp3) is 0.385. The monoisotopic (exact) mass is 513 g/mol. The predicted molar refractivity (Wildman–Crippen MR) is 137 cm³/mol. The Balaban J connectivity index is 1.19. The van der Waals surface area contributed by atoms with Crippen molar-refractivity contribution in [3.8, 4) is 5.75 Å². The highest BCUT2D eigenvalue weighted by atomic mass is 32.1. The molecular formula is C26H29F2N5O2S. The molecule has 190 valence electrons. The molecule has 10 heteroatoms. The van der Waals surface area contributed by atoms with E-state index in [9.17, 15) is 13.6 Å². The molecule has 6 rings (SSSR count). The fourth-order valence-corrected chi connectivity index (χ4v) is 5.69. The third-order valence-electron chi connectivity index (χ3n) is 6.94. The Kier molecular flexibility index (Phi) is 6.57. The van der Waals surface area contributed by atoms with Crippen molar-refractivity contribution in [1.29, 1.82) is 0 Å². The number of fused-ring (bicyclic) bond motifs is 2. The summed E-state index contributed by atoms with van der Waals surface area (Å²) in [6.07, 6.45) is 1.05. The normalized spacial score (nSPS) is 19.0. The Morgan fingerprint density at radius 3 is 2.44 bits per heavy atom. The molecular weight excluding hydrogens is 484 g/mol. The van der Waals surface area contributed by atoms with Gasteiger partial charge in [-0.15, -0.1) is 11.3 Å². The molecule has 2 unspecified atom stereocenters. The topological polar surface area (TPSA) is 78.5 Å². The van der Waals surface area contributed by atoms with Crippen LogP contribution in [0, 0.1) is 11.6 Å². The number of urea groups is 1. The lowest BCUT2D eigenvalue weighted by atomic mass is 9.82. The van der Waals surface area contributed by atoms with Crippen molar-refractivity contribution in [2.24, 2.45) is 0 Å². The highest BCUT2D eigenvalue weighted by Crippen LogP contribution is 2.34. The third-order valence-corrected chi connectivity index (χ3v) is 7.70. The number of piperazine rings is 1. The van der Waals surface area contributed by atoms with Gasteiger partial charge in [-0.3, -0.25) is 5.32 Å². The van der Waals surface area contributed by atoms with Crippen LogP contribution in [0.2, 0.25) is 0 Å². The van der Waals surface area contributed by atoms with Crippen LogP contribution < -0.4 is 25.6 Å². The van der Waals surface area contributed by atoms with Crippen molar-refractivity contribution in [3.05, 3.63) is 70.2 Å². The number of carbonyl (C=O) groups excluding carboxylic acids is 1. The average Bonchev–Trinajstić information content (AvgIpc) is 3.31. The number of ether oxygens (including phenoxy) is 1. The Morgan fingerprint density at radius 2 is 1.83 bits per heavy atom. The van der Waals surface area contributed by atoms with Gasteiger partial charge in [0, 0.05) is 42.5 Å². The zero-order valence-corrected chi connectivity index (χ0v) is 21.2. The molecule has 2 bridgehead atoms. The van der Waals surface area contributed by atoms with E-state index in [1.165, 1.54) is 23.5 Å². The molecule has 0 spiro atoms. The van der Waals surface area contributed by atoms with E-state index in [0.717, 1.165) is 23.4 Å².